The monoisotopic (exact) mass is 512 g/mol. The highest BCUT2D eigenvalue weighted by Crippen LogP contribution is 2.26. The minimum Gasteiger partial charge on any atom is -0.497 e. The molecule has 0 aromatic heterocycles. The summed E-state index contributed by atoms with van der Waals surface area (Å²) in [5, 5.41) is 3.58. The lowest BCUT2D eigenvalue weighted by atomic mass is 10.0. The second-order valence-corrected chi connectivity index (χ2v) is 9.06. The van der Waals surface area contributed by atoms with Crippen LogP contribution in [-0.4, -0.2) is 23.8 Å². The third-order valence-electron chi connectivity index (χ3n) is 6.12. The lowest BCUT2D eigenvalue weighted by molar-refractivity contribution is -0.141. The fourth-order valence-corrected chi connectivity index (χ4v) is 4.35. The Morgan fingerprint density at radius 2 is 1.43 bits per heavy atom. The van der Waals surface area contributed by atoms with Gasteiger partial charge in [0.05, 0.1) is 13.5 Å². The zero-order valence-corrected chi connectivity index (χ0v) is 21.4. The number of hydrogen-bond donors (Lipinski definition) is 1. The molecule has 6 heteroatoms. The first kappa shape index (κ1) is 26.0. The molecular formula is C31H29ClN2O3. The largest absolute Gasteiger partial charge is 0.497 e. The third kappa shape index (κ3) is 6.99. The number of hydrogen-bond acceptors (Lipinski definition) is 3. The summed E-state index contributed by atoms with van der Waals surface area (Å²) in [5.74, 6) is 0.299. The van der Waals surface area contributed by atoms with Crippen molar-refractivity contribution in [2.75, 3.05) is 7.11 Å². The van der Waals surface area contributed by atoms with Gasteiger partial charge in [0.1, 0.15) is 11.8 Å². The fourth-order valence-electron chi connectivity index (χ4n) is 4.15. The summed E-state index contributed by atoms with van der Waals surface area (Å²) < 4.78 is 5.28. The van der Waals surface area contributed by atoms with Crippen molar-refractivity contribution in [1.29, 1.82) is 0 Å². The minimum atomic E-state index is -0.831. The molecule has 0 bridgehead atoms. The van der Waals surface area contributed by atoms with E-state index in [9.17, 15) is 9.59 Å². The number of nitrogens with one attached hydrogen (secondary N) is 1. The Morgan fingerprint density at radius 1 is 0.811 bits per heavy atom. The average molecular weight is 513 g/mol. The molecule has 0 spiro atoms. The second-order valence-electron chi connectivity index (χ2n) is 8.65. The van der Waals surface area contributed by atoms with Gasteiger partial charge in [-0.25, -0.2) is 0 Å². The summed E-state index contributed by atoms with van der Waals surface area (Å²) in [6.45, 7) is 0.514. The number of halogens is 1. The Balaban J connectivity index is 1.67. The van der Waals surface area contributed by atoms with E-state index in [0.717, 1.165) is 28.0 Å². The van der Waals surface area contributed by atoms with Gasteiger partial charge in [-0.2, -0.15) is 0 Å². The predicted octanol–water partition coefficient (Wildman–Crippen LogP) is 5.98. The Kier molecular flexibility index (Phi) is 8.95. The van der Waals surface area contributed by atoms with Gasteiger partial charge in [-0.15, -0.1) is 0 Å². The van der Waals surface area contributed by atoms with Crippen LogP contribution in [-0.2, 0) is 29.1 Å². The molecule has 188 valence electrons. The Hall–Kier alpha value is -4.09. The molecule has 0 saturated carbocycles. The normalized spacial score (nSPS) is 11.4. The highest BCUT2D eigenvalue weighted by molar-refractivity contribution is 6.31. The third-order valence-corrected chi connectivity index (χ3v) is 6.49. The maximum absolute atomic E-state index is 13.8. The molecule has 37 heavy (non-hydrogen) atoms. The van der Waals surface area contributed by atoms with Crippen molar-refractivity contribution in [1.82, 2.24) is 10.2 Å². The summed E-state index contributed by atoms with van der Waals surface area (Å²) in [7, 11) is 1.61. The van der Waals surface area contributed by atoms with E-state index in [1.54, 1.807) is 18.1 Å². The first-order valence-corrected chi connectivity index (χ1v) is 12.5. The number of methoxy groups -OCH3 is 1. The van der Waals surface area contributed by atoms with E-state index in [2.05, 4.69) is 5.32 Å². The number of carbonyl (C=O) groups is 2. The molecule has 0 aliphatic heterocycles. The van der Waals surface area contributed by atoms with Crippen molar-refractivity contribution in [2.24, 2.45) is 0 Å². The van der Waals surface area contributed by atoms with Crippen LogP contribution in [0.4, 0.5) is 0 Å². The maximum atomic E-state index is 13.8. The summed E-state index contributed by atoms with van der Waals surface area (Å²) in [6, 6.07) is 33.0. The highest BCUT2D eigenvalue weighted by Gasteiger charge is 2.31. The van der Waals surface area contributed by atoms with E-state index in [1.807, 2.05) is 103 Å². The van der Waals surface area contributed by atoms with Crippen LogP contribution in [0, 0.1) is 0 Å². The van der Waals surface area contributed by atoms with Crippen LogP contribution in [0.5, 0.6) is 5.75 Å². The van der Waals surface area contributed by atoms with Gasteiger partial charge < -0.3 is 15.0 Å². The number of carbonyl (C=O) groups excluding carboxylic acids is 2. The van der Waals surface area contributed by atoms with Crippen LogP contribution in [0.15, 0.2) is 109 Å². The maximum Gasteiger partial charge on any atom is 0.247 e. The van der Waals surface area contributed by atoms with E-state index in [0.29, 0.717) is 5.02 Å². The van der Waals surface area contributed by atoms with Gasteiger partial charge in [0.2, 0.25) is 11.8 Å². The molecule has 4 aromatic rings. The SMILES string of the molecule is COc1ccc(CN(C(=O)Cc2ccccc2)C(C(=O)NCc2ccccc2Cl)c2ccccc2)cc1. The molecule has 1 N–H and O–H groups in total. The minimum absolute atomic E-state index is 0.149. The molecule has 1 unspecified atom stereocenters. The molecule has 0 saturated heterocycles. The first-order valence-electron chi connectivity index (χ1n) is 12.1. The Bertz CT molecular complexity index is 1310. The van der Waals surface area contributed by atoms with Gasteiger partial charge >= 0.3 is 0 Å². The molecule has 1 atom stereocenters. The van der Waals surface area contributed by atoms with Gasteiger partial charge in [-0.05, 0) is 40.5 Å². The molecule has 0 fully saturated rings. The van der Waals surface area contributed by atoms with E-state index in [1.165, 1.54) is 0 Å². The molecule has 0 aliphatic carbocycles. The predicted molar refractivity (Wildman–Crippen MR) is 146 cm³/mol. The van der Waals surface area contributed by atoms with Gasteiger partial charge in [-0.1, -0.05) is 103 Å². The summed E-state index contributed by atoms with van der Waals surface area (Å²) in [4.78, 5) is 29.2. The van der Waals surface area contributed by atoms with E-state index < -0.39 is 6.04 Å². The lowest BCUT2D eigenvalue weighted by Gasteiger charge is -2.32. The lowest BCUT2D eigenvalue weighted by Crippen LogP contribution is -2.43. The number of amides is 2. The van der Waals surface area contributed by atoms with Crippen molar-refractivity contribution < 1.29 is 14.3 Å². The van der Waals surface area contributed by atoms with Crippen molar-refractivity contribution in [3.63, 3.8) is 0 Å². The second kappa shape index (κ2) is 12.7. The van der Waals surface area contributed by atoms with Gasteiger partial charge in [0.25, 0.3) is 0 Å². The molecule has 2 amide bonds. The van der Waals surface area contributed by atoms with Gasteiger partial charge in [0.15, 0.2) is 0 Å². The van der Waals surface area contributed by atoms with Crippen LogP contribution < -0.4 is 10.1 Å². The number of ether oxygens (including phenoxy) is 1. The highest BCUT2D eigenvalue weighted by atomic mass is 35.5. The Morgan fingerprint density at radius 3 is 2.08 bits per heavy atom. The van der Waals surface area contributed by atoms with Gasteiger partial charge in [-0.3, -0.25) is 9.59 Å². The zero-order valence-electron chi connectivity index (χ0n) is 20.6. The topological polar surface area (TPSA) is 58.6 Å². The van der Waals surface area contributed by atoms with Crippen LogP contribution >= 0.6 is 11.6 Å². The fraction of sp³-hybridized carbons (Fsp3) is 0.161. The first-order chi connectivity index (χ1) is 18.0. The van der Waals surface area contributed by atoms with Crippen molar-refractivity contribution in [2.45, 2.75) is 25.6 Å². The number of nitrogens with zero attached hydrogens (tertiary/aromatic N) is 1. The summed E-state index contributed by atoms with van der Waals surface area (Å²) in [5.41, 5.74) is 3.31. The summed E-state index contributed by atoms with van der Waals surface area (Å²) >= 11 is 6.31. The number of benzene rings is 4. The van der Waals surface area contributed by atoms with Gasteiger partial charge in [0, 0.05) is 18.1 Å². The van der Waals surface area contributed by atoms with Crippen LogP contribution in [0.3, 0.4) is 0 Å². The number of rotatable bonds is 10. The van der Waals surface area contributed by atoms with Crippen LogP contribution in [0.25, 0.3) is 0 Å². The van der Waals surface area contributed by atoms with E-state index in [-0.39, 0.29) is 31.3 Å². The molecule has 4 rings (SSSR count). The molecule has 0 radical (unpaired) electrons. The zero-order chi connectivity index (χ0) is 26.0. The van der Waals surface area contributed by atoms with Crippen molar-refractivity contribution in [3.8, 4) is 5.75 Å². The molecule has 0 aliphatic rings. The van der Waals surface area contributed by atoms with E-state index in [4.69, 9.17) is 16.3 Å². The quantitative estimate of drug-likeness (QED) is 0.284. The smallest absolute Gasteiger partial charge is 0.247 e. The standard InChI is InChI=1S/C31H29ClN2O3/c1-37-27-18-16-24(17-19-27)22-34(29(35)20-23-10-4-2-5-11-23)30(25-12-6-3-7-13-25)31(36)33-21-26-14-8-9-15-28(26)32/h2-19,30H,20-22H2,1H3,(H,33,36). The molecular weight excluding hydrogens is 484 g/mol. The molecule has 0 heterocycles. The van der Waals surface area contributed by atoms with Crippen LogP contribution in [0.2, 0.25) is 5.02 Å². The van der Waals surface area contributed by atoms with Crippen molar-refractivity contribution in [3.05, 3.63) is 136 Å². The average Bonchev–Trinajstić information content (AvgIpc) is 2.93. The van der Waals surface area contributed by atoms with Crippen LogP contribution in [0.1, 0.15) is 28.3 Å². The molecule has 5 nitrogen and oxygen atoms in total. The van der Waals surface area contributed by atoms with E-state index >= 15 is 0 Å². The summed E-state index contributed by atoms with van der Waals surface area (Å²) in [6.07, 6.45) is 0.179. The van der Waals surface area contributed by atoms with Crippen molar-refractivity contribution >= 4 is 23.4 Å². The Labute approximate surface area is 222 Å². The molecule has 4 aromatic carbocycles.